The van der Waals surface area contributed by atoms with Gasteiger partial charge >= 0.3 is 0 Å². The van der Waals surface area contributed by atoms with Gasteiger partial charge in [0, 0.05) is 6.54 Å². The molecule has 0 spiro atoms. The molecule has 1 aliphatic heterocycles. The molecular formula is C11H16ClN3O. The summed E-state index contributed by atoms with van der Waals surface area (Å²) in [7, 11) is 0. The standard InChI is InChI=1S/C11H16ClN3O/c1-7-4-5-15(9(7)6-16)11-8(13)2-3-10(12)14-11/h2-3,7,9,16H,4-6,13H2,1H3. The van der Waals surface area contributed by atoms with Crippen LogP contribution in [0.5, 0.6) is 0 Å². The molecule has 1 aliphatic rings. The highest BCUT2D eigenvalue weighted by Crippen LogP contribution is 2.32. The van der Waals surface area contributed by atoms with Crippen LogP contribution in [0.3, 0.4) is 0 Å². The summed E-state index contributed by atoms with van der Waals surface area (Å²) in [6.07, 6.45) is 1.04. The van der Waals surface area contributed by atoms with Gasteiger partial charge < -0.3 is 15.7 Å². The maximum Gasteiger partial charge on any atom is 0.153 e. The molecule has 0 radical (unpaired) electrons. The molecule has 0 aliphatic carbocycles. The molecule has 5 heteroatoms. The fourth-order valence-corrected chi connectivity index (χ4v) is 2.36. The van der Waals surface area contributed by atoms with Gasteiger partial charge in [0.25, 0.3) is 0 Å². The Balaban J connectivity index is 2.33. The van der Waals surface area contributed by atoms with Gasteiger partial charge in [-0.3, -0.25) is 0 Å². The third-order valence-electron chi connectivity index (χ3n) is 3.21. The van der Waals surface area contributed by atoms with E-state index in [1.807, 2.05) is 4.90 Å². The summed E-state index contributed by atoms with van der Waals surface area (Å²) in [5, 5.41) is 9.82. The minimum atomic E-state index is 0.0910. The molecule has 0 aromatic carbocycles. The topological polar surface area (TPSA) is 62.4 Å². The number of pyridine rings is 1. The minimum Gasteiger partial charge on any atom is -0.396 e. The lowest BCUT2D eigenvalue weighted by Gasteiger charge is -2.27. The lowest BCUT2D eigenvalue weighted by Crippen LogP contribution is -2.36. The van der Waals surface area contributed by atoms with E-state index in [0.717, 1.165) is 13.0 Å². The van der Waals surface area contributed by atoms with E-state index in [1.165, 1.54) is 0 Å². The fourth-order valence-electron chi connectivity index (χ4n) is 2.22. The Hall–Kier alpha value is -1.00. The zero-order valence-electron chi connectivity index (χ0n) is 9.23. The Morgan fingerprint density at radius 3 is 3.06 bits per heavy atom. The average molecular weight is 242 g/mol. The van der Waals surface area contributed by atoms with Gasteiger partial charge in [-0.1, -0.05) is 18.5 Å². The monoisotopic (exact) mass is 241 g/mol. The van der Waals surface area contributed by atoms with Gasteiger partial charge in [0.15, 0.2) is 5.82 Å². The Morgan fingerprint density at radius 1 is 1.62 bits per heavy atom. The predicted octanol–water partition coefficient (Wildman–Crippen LogP) is 1.52. The lowest BCUT2D eigenvalue weighted by molar-refractivity contribution is 0.244. The number of nitrogens with zero attached hydrogens (tertiary/aromatic N) is 2. The first-order chi connectivity index (χ1) is 7.63. The zero-order chi connectivity index (χ0) is 11.7. The number of nitrogen functional groups attached to an aromatic ring is 1. The highest BCUT2D eigenvalue weighted by molar-refractivity contribution is 6.29. The number of halogens is 1. The van der Waals surface area contributed by atoms with E-state index < -0.39 is 0 Å². The van der Waals surface area contributed by atoms with Crippen LogP contribution >= 0.6 is 11.6 Å². The van der Waals surface area contributed by atoms with E-state index in [-0.39, 0.29) is 12.6 Å². The summed E-state index contributed by atoms with van der Waals surface area (Å²) >= 11 is 5.87. The Kier molecular flexibility index (Phi) is 3.21. The first-order valence-corrected chi connectivity index (χ1v) is 5.80. The quantitative estimate of drug-likeness (QED) is 0.771. The van der Waals surface area contributed by atoms with Crippen molar-refractivity contribution in [2.24, 2.45) is 5.92 Å². The molecule has 1 saturated heterocycles. The first-order valence-electron chi connectivity index (χ1n) is 5.43. The van der Waals surface area contributed by atoms with Crippen LogP contribution in [0.1, 0.15) is 13.3 Å². The van der Waals surface area contributed by atoms with E-state index in [4.69, 9.17) is 17.3 Å². The number of rotatable bonds is 2. The van der Waals surface area contributed by atoms with E-state index in [0.29, 0.717) is 22.6 Å². The summed E-state index contributed by atoms with van der Waals surface area (Å²) in [5.74, 6) is 1.14. The van der Waals surface area contributed by atoms with Crippen molar-refractivity contribution in [1.29, 1.82) is 0 Å². The van der Waals surface area contributed by atoms with Crippen molar-refractivity contribution < 1.29 is 5.11 Å². The molecule has 16 heavy (non-hydrogen) atoms. The minimum absolute atomic E-state index is 0.0910. The zero-order valence-corrected chi connectivity index (χ0v) is 9.98. The van der Waals surface area contributed by atoms with E-state index in [9.17, 15) is 5.11 Å². The van der Waals surface area contributed by atoms with Gasteiger partial charge in [0.05, 0.1) is 18.3 Å². The van der Waals surface area contributed by atoms with Crippen molar-refractivity contribution in [3.63, 3.8) is 0 Å². The molecule has 0 bridgehead atoms. The molecule has 0 amide bonds. The first kappa shape index (κ1) is 11.5. The van der Waals surface area contributed by atoms with Crippen LogP contribution in [-0.4, -0.2) is 29.3 Å². The molecular weight excluding hydrogens is 226 g/mol. The summed E-state index contributed by atoms with van der Waals surface area (Å²) in [6.45, 7) is 3.11. The van der Waals surface area contributed by atoms with Gasteiger partial charge in [0.1, 0.15) is 5.15 Å². The molecule has 2 rings (SSSR count). The van der Waals surface area contributed by atoms with Crippen LogP contribution < -0.4 is 10.6 Å². The van der Waals surface area contributed by atoms with Crippen molar-refractivity contribution in [3.05, 3.63) is 17.3 Å². The average Bonchev–Trinajstić information content (AvgIpc) is 2.63. The number of anilines is 2. The van der Waals surface area contributed by atoms with Gasteiger partial charge in [-0.05, 0) is 24.5 Å². The maximum atomic E-state index is 9.39. The number of aliphatic hydroxyl groups excluding tert-OH is 1. The maximum absolute atomic E-state index is 9.39. The second-order valence-corrected chi connectivity index (χ2v) is 4.64. The Labute approximate surface area is 100 Å². The number of aliphatic hydroxyl groups is 1. The number of nitrogens with two attached hydrogens (primary N) is 1. The van der Waals surface area contributed by atoms with E-state index in [2.05, 4.69) is 11.9 Å². The van der Waals surface area contributed by atoms with Gasteiger partial charge in [-0.15, -0.1) is 0 Å². The number of hydrogen-bond donors (Lipinski definition) is 2. The van der Waals surface area contributed by atoms with E-state index in [1.54, 1.807) is 12.1 Å². The Bertz CT molecular complexity index is 385. The van der Waals surface area contributed by atoms with Gasteiger partial charge in [0.2, 0.25) is 0 Å². The number of aromatic nitrogens is 1. The summed E-state index contributed by atoms with van der Waals surface area (Å²) in [5.41, 5.74) is 6.50. The molecule has 1 aromatic rings. The third kappa shape index (κ3) is 1.95. The largest absolute Gasteiger partial charge is 0.396 e. The van der Waals surface area contributed by atoms with Crippen molar-refractivity contribution in [2.75, 3.05) is 23.8 Å². The molecule has 2 atom stereocenters. The fraction of sp³-hybridized carbons (Fsp3) is 0.545. The van der Waals surface area contributed by atoms with Crippen LogP contribution in [0, 0.1) is 5.92 Å². The highest BCUT2D eigenvalue weighted by Gasteiger charge is 2.32. The predicted molar refractivity (Wildman–Crippen MR) is 65.7 cm³/mol. The highest BCUT2D eigenvalue weighted by atomic mass is 35.5. The molecule has 0 saturated carbocycles. The molecule has 88 valence electrons. The van der Waals surface area contributed by atoms with Crippen LogP contribution in [0.2, 0.25) is 5.15 Å². The molecule has 1 aromatic heterocycles. The molecule has 2 heterocycles. The smallest absolute Gasteiger partial charge is 0.153 e. The van der Waals surface area contributed by atoms with E-state index >= 15 is 0 Å². The van der Waals surface area contributed by atoms with Crippen LogP contribution in [0.25, 0.3) is 0 Å². The normalized spacial score (nSPS) is 25.1. The van der Waals surface area contributed by atoms with Crippen LogP contribution in [0.15, 0.2) is 12.1 Å². The summed E-state index contributed by atoms with van der Waals surface area (Å²) in [4.78, 5) is 6.29. The van der Waals surface area contributed by atoms with Crippen molar-refractivity contribution in [2.45, 2.75) is 19.4 Å². The Morgan fingerprint density at radius 2 is 2.38 bits per heavy atom. The third-order valence-corrected chi connectivity index (χ3v) is 3.42. The van der Waals surface area contributed by atoms with Crippen LogP contribution in [-0.2, 0) is 0 Å². The molecule has 2 unspecified atom stereocenters. The summed E-state index contributed by atoms with van der Waals surface area (Å²) < 4.78 is 0. The number of hydrogen-bond acceptors (Lipinski definition) is 4. The van der Waals surface area contributed by atoms with Gasteiger partial charge in [-0.2, -0.15) is 0 Å². The second kappa shape index (κ2) is 4.47. The van der Waals surface area contributed by atoms with Crippen LogP contribution in [0.4, 0.5) is 11.5 Å². The van der Waals surface area contributed by atoms with Crippen molar-refractivity contribution >= 4 is 23.1 Å². The van der Waals surface area contributed by atoms with Crippen molar-refractivity contribution in [1.82, 2.24) is 4.98 Å². The second-order valence-electron chi connectivity index (χ2n) is 4.26. The SMILES string of the molecule is CC1CCN(c2nc(Cl)ccc2N)C1CO. The lowest BCUT2D eigenvalue weighted by atomic mass is 10.0. The molecule has 3 N–H and O–H groups in total. The van der Waals surface area contributed by atoms with Crippen molar-refractivity contribution in [3.8, 4) is 0 Å². The van der Waals surface area contributed by atoms with Gasteiger partial charge in [-0.25, -0.2) is 4.98 Å². The molecule has 4 nitrogen and oxygen atoms in total. The summed E-state index contributed by atoms with van der Waals surface area (Å²) in [6, 6.07) is 3.52. The molecule has 1 fully saturated rings.